The van der Waals surface area contributed by atoms with Gasteiger partial charge in [-0.25, -0.2) is 0 Å². The molecule has 0 aliphatic carbocycles. The van der Waals surface area contributed by atoms with Crippen molar-refractivity contribution in [2.45, 2.75) is 0 Å². The van der Waals surface area contributed by atoms with Crippen molar-refractivity contribution in [2.24, 2.45) is 0 Å². The van der Waals surface area contributed by atoms with E-state index in [0.717, 1.165) is 94.3 Å². The van der Waals surface area contributed by atoms with Crippen molar-refractivity contribution in [2.75, 3.05) is 4.90 Å². The molecule has 2 heterocycles. The molecular formula is C56H35NO2. The van der Waals surface area contributed by atoms with E-state index >= 15 is 0 Å². The number of rotatable bonds is 6. The Bertz CT molecular complexity index is 3550. The number of hydrogen-bond acceptors (Lipinski definition) is 3. The van der Waals surface area contributed by atoms with Gasteiger partial charge in [0.25, 0.3) is 0 Å². The molecule has 0 atom stereocenters. The molecule has 0 fully saturated rings. The van der Waals surface area contributed by atoms with E-state index in [9.17, 15) is 0 Å². The molecule has 0 unspecified atom stereocenters. The number of fused-ring (bicyclic) bond motifs is 9. The number of anilines is 3. The monoisotopic (exact) mass is 753 g/mol. The third-order valence-electron chi connectivity index (χ3n) is 11.8. The molecule has 0 radical (unpaired) electrons. The highest BCUT2D eigenvalue weighted by molar-refractivity contribution is 6.21. The molecular weight excluding hydrogens is 719 g/mol. The molecule has 0 N–H and O–H groups in total. The maximum Gasteiger partial charge on any atom is 0.145 e. The molecule has 276 valence electrons. The third-order valence-corrected chi connectivity index (χ3v) is 11.8. The molecule has 10 aromatic carbocycles. The van der Waals surface area contributed by atoms with Gasteiger partial charge in [0.15, 0.2) is 0 Å². The van der Waals surface area contributed by atoms with Gasteiger partial charge in [0.2, 0.25) is 0 Å². The van der Waals surface area contributed by atoms with Crippen molar-refractivity contribution in [3.05, 3.63) is 212 Å². The van der Waals surface area contributed by atoms with Crippen LogP contribution in [-0.2, 0) is 0 Å². The summed E-state index contributed by atoms with van der Waals surface area (Å²) >= 11 is 0. The van der Waals surface area contributed by atoms with Crippen LogP contribution < -0.4 is 4.90 Å². The second-order valence-corrected chi connectivity index (χ2v) is 15.2. The molecule has 0 bridgehead atoms. The fraction of sp³-hybridized carbons (Fsp3) is 0. The largest absolute Gasteiger partial charge is 0.456 e. The van der Waals surface area contributed by atoms with E-state index in [4.69, 9.17) is 8.83 Å². The van der Waals surface area contributed by atoms with Gasteiger partial charge < -0.3 is 13.7 Å². The first-order chi connectivity index (χ1) is 29.2. The number of hydrogen-bond donors (Lipinski definition) is 0. The molecule has 59 heavy (non-hydrogen) atoms. The first-order valence-corrected chi connectivity index (χ1v) is 20.1. The Morgan fingerprint density at radius 3 is 1.61 bits per heavy atom. The van der Waals surface area contributed by atoms with Crippen molar-refractivity contribution in [3.63, 3.8) is 0 Å². The molecule has 12 rings (SSSR count). The van der Waals surface area contributed by atoms with Gasteiger partial charge in [0.05, 0.1) is 22.1 Å². The van der Waals surface area contributed by atoms with E-state index in [2.05, 4.69) is 211 Å². The smallest absolute Gasteiger partial charge is 0.145 e. The van der Waals surface area contributed by atoms with Crippen LogP contribution in [0.15, 0.2) is 221 Å². The minimum atomic E-state index is 0.834. The Balaban J connectivity index is 1.16. The number of furan rings is 2. The van der Waals surface area contributed by atoms with Gasteiger partial charge in [-0.1, -0.05) is 152 Å². The van der Waals surface area contributed by atoms with E-state index in [0.29, 0.717) is 0 Å². The summed E-state index contributed by atoms with van der Waals surface area (Å²) in [5, 5.41) is 9.09. The Hall–Kier alpha value is -7.88. The summed E-state index contributed by atoms with van der Waals surface area (Å²) in [4.78, 5) is 2.41. The summed E-state index contributed by atoms with van der Waals surface area (Å²) in [7, 11) is 0. The van der Waals surface area contributed by atoms with Crippen molar-refractivity contribution in [1.82, 2.24) is 0 Å². The first-order valence-electron chi connectivity index (χ1n) is 20.1. The topological polar surface area (TPSA) is 29.5 Å². The van der Waals surface area contributed by atoms with Crippen molar-refractivity contribution >= 4 is 82.5 Å². The van der Waals surface area contributed by atoms with Gasteiger partial charge in [-0.3, -0.25) is 0 Å². The van der Waals surface area contributed by atoms with Crippen LogP contribution in [0.25, 0.3) is 98.8 Å². The maximum absolute atomic E-state index is 7.03. The summed E-state index contributed by atoms with van der Waals surface area (Å²) in [5.41, 5.74) is 13.2. The minimum Gasteiger partial charge on any atom is -0.456 e. The SMILES string of the molecule is c1ccc(-c2ccc3c(c2)oc2cccc(N(c4ccc5c(ccc6ccccc65)c4)c4ccc(-c5ccccc5)c5oc6cc(-c7ccccc7)ccc6c45)c23)cc1. The predicted molar refractivity (Wildman–Crippen MR) is 247 cm³/mol. The number of benzene rings is 10. The lowest BCUT2D eigenvalue weighted by Gasteiger charge is -2.28. The minimum absolute atomic E-state index is 0.834. The zero-order valence-electron chi connectivity index (χ0n) is 32.0. The summed E-state index contributed by atoms with van der Waals surface area (Å²) in [5.74, 6) is 0. The Kier molecular flexibility index (Phi) is 7.54. The lowest BCUT2D eigenvalue weighted by Crippen LogP contribution is -2.11. The molecule has 3 heteroatoms. The summed E-state index contributed by atoms with van der Waals surface area (Å²) in [6.45, 7) is 0. The van der Waals surface area contributed by atoms with Crippen LogP contribution >= 0.6 is 0 Å². The zero-order chi connectivity index (χ0) is 38.9. The van der Waals surface area contributed by atoms with Crippen molar-refractivity contribution in [3.8, 4) is 33.4 Å². The molecule has 0 saturated carbocycles. The predicted octanol–water partition coefficient (Wildman–Crippen LogP) is 16.3. The zero-order valence-corrected chi connectivity index (χ0v) is 32.0. The molecule has 0 aliphatic heterocycles. The van der Waals surface area contributed by atoms with Crippen molar-refractivity contribution in [1.29, 1.82) is 0 Å². The molecule has 0 spiro atoms. The first kappa shape index (κ1) is 33.3. The molecule has 2 aromatic heterocycles. The Morgan fingerprint density at radius 2 is 0.881 bits per heavy atom. The van der Waals surface area contributed by atoms with Gasteiger partial charge >= 0.3 is 0 Å². The lowest BCUT2D eigenvalue weighted by molar-refractivity contribution is 0.669. The van der Waals surface area contributed by atoms with Crippen LogP contribution in [0.5, 0.6) is 0 Å². The van der Waals surface area contributed by atoms with E-state index in [1.165, 1.54) is 21.5 Å². The highest BCUT2D eigenvalue weighted by atomic mass is 16.3. The third kappa shape index (κ3) is 5.44. The quantitative estimate of drug-likeness (QED) is 0.158. The van der Waals surface area contributed by atoms with Crippen LogP contribution in [0.4, 0.5) is 17.1 Å². The van der Waals surface area contributed by atoms with Crippen LogP contribution in [0.2, 0.25) is 0 Å². The fourth-order valence-corrected chi connectivity index (χ4v) is 9.05. The number of nitrogens with zero attached hydrogens (tertiary/aromatic N) is 1. The standard InChI is InChI=1S/C56H35NO2/c1-4-13-36(14-5-1)40-25-28-47-52(34-40)58-51-22-12-21-49(54(47)51)57(43-27-30-45-42(33-43)24-23-39-19-10-11-20-44(39)45)50-32-31-46(38-17-8-3-9-18-38)56-55(50)48-29-26-41(35-53(48)59-56)37-15-6-2-7-16-37/h1-35H. The maximum atomic E-state index is 7.03. The van der Waals surface area contributed by atoms with Crippen LogP contribution in [0.1, 0.15) is 0 Å². The summed E-state index contributed by atoms with van der Waals surface area (Å²) in [6, 6.07) is 75.6. The lowest BCUT2D eigenvalue weighted by atomic mass is 9.97. The van der Waals surface area contributed by atoms with Crippen LogP contribution in [-0.4, -0.2) is 0 Å². The Morgan fingerprint density at radius 1 is 0.305 bits per heavy atom. The van der Waals surface area contributed by atoms with Gasteiger partial charge in [-0.15, -0.1) is 0 Å². The van der Waals surface area contributed by atoms with E-state index < -0.39 is 0 Å². The van der Waals surface area contributed by atoms with Crippen LogP contribution in [0, 0.1) is 0 Å². The van der Waals surface area contributed by atoms with Gasteiger partial charge in [0.1, 0.15) is 22.3 Å². The van der Waals surface area contributed by atoms with Gasteiger partial charge in [-0.05, 0) is 110 Å². The average Bonchev–Trinajstić information content (AvgIpc) is 3.89. The molecule has 3 nitrogen and oxygen atoms in total. The average molecular weight is 754 g/mol. The summed E-state index contributed by atoms with van der Waals surface area (Å²) in [6.07, 6.45) is 0. The van der Waals surface area contributed by atoms with E-state index in [1.54, 1.807) is 0 Å². The van der Waals surface area contributed by atoms with E-state index in [-0.39, 0.29) is 0 Å². The molecule has 12 aromatic rings. The normalized spacial score (nSPS) is 11.7. The van der Waals surface area contributed by atoms with Crippen LogP contribution in [0.3, 0.4) is 0 Å². The van der Waals surface area contributed by atoms with E-state index in [1.807, 2.05) is 6.07 Å². The Labute approximate surface area is 340 Å². The molecule has 0 aliphatic rings. The summed E-state index contributed by atoms with van der Waals surface area (Å²) < 4.78 is 13.8. The highest BCUT2D eigenvalue weighted by Gasteiger charge is 2.25. The highest BCUT2D eigenvalue weighted by Crippen LogP contribution is 2.50. The molecule has 0 amide bonds. The van der Waals surface area contributed by atoms with Gasteiger partial charge in [-0.2, -0.15) is 0 Å². The second kappa shape index (κ2) is 13.4. The fourth-order valence-electron chi connectivity index (χ4n) is 9.05. The molecule has 0 saturated heterocycles. The van der Waals surface area contributed by atoms with Gasteiger partial charge in [0, 0.05) is 22.0 Å². The van der Waals surface area contributed by atoms with Crippen molar-refractivity contribution < 1.29 is 8.83 Å². The second-order valence-electron chi connectivity index (χ2n) is 15.2.